The lowest BCUT2D eigenvalue weighted by Gasteiger charge is -2.00. The van der Waals surface area contributed by atoms with Gasteiger partial charge in [0.1, 0.15) is 5.69 Å². The van der Waals surface area contributed by atoms with Crippen LogP contribution in [-0.2, 0) is 0 Å². The quantitative estimate of drug-likeness (QED) is 0.379. The molecule has 9 heteroatoms. The number of nitrogens with zero attached hydrogens (tertiary/aromatic N) is 5. The van der Waals surface area contributed by atoms with Gasteiger partial charge in [-0.3, -0.25) is 4.79 Å². The number of hydrogen-bond donors (Lipinski definition) is 0. The molecule has 2 aromatic carbocycles. The summed E-state index contributed by atoms with van der Waals surface area (Å²) >= 11 is 7.35. The number of furan rings is 1. The molecule has 4 heterocycles. The van der Waals surface area contributed by atoms with Crippen molar-refractivity contribution in [3.05, 3.63) is 105 Å². The largest absolute Gasteiger partial charge is 0.461 e. The lowest BCUT2D eigenvalue weighted by Crippen LogP contribution is -2.23. The van der Waals surface area contributed by atoms with Gasteiger partial charge in [-0.1, -0.05) is 53.3 Å². The highest BCUT2D eigenvalue weighted by Crippen LogP contribution is 2.26. The molecule has 0 aliphatic rings. The number of hydrogen-bond acceptors (Lipinski definition) is 6. The van der Waals surface area contributed by atoms with Gasteiger partial charge in [-0.05, 0) is 42.5 Å². The van der Waals surface area contributed by atoms with Crippen molar-refractivity contribution in [1.29, 1.82) is 0 Å². The zero-order valence-electron chi connectivity index (χ0n) is 16.9. The number of benzene rings is 2. The average Bonchev–Trinajstić information content (AvgIpc) is 3.62. The zero-order chi connectivity index (χ0) is 22.4. The van der Waals surface area contributed by atoms with Crippen LogP contribution in [0.2, 0.25) is 5.02 Å². The van der Waals surface area contributed by atoms with Gasteiger partial charge in [0.2, 0.25) is 10.8 Å². The third-order valence-corrected chi connectivity index (χ3v) is 6.30. The third kappa shape index (κ3) is 3.55. The summed E-state index contributed by atoms with van der Waals surface area (Å²) in [5, 5.41) is 9.75. The molecule has 0 saturated heterocycles. The van der Waals surface area contributed by atoms with Gasteiger partial charge in [-0.2, -0.15) is 14.6 Å². The minimum absolute atomic E-state index is 0.241. The van der Waals surface area contributed by atoms with Crippen LogP contribution < -0.4 is 10.1 Å². The van der Waals surface area contributed by atoms with Crippen LogP contribution in [0.1, 0.15) is 5.56 Å². The molecule has 0 radical (unpaired) electrons. The Morgan fingerprint density at radius 2 is 1.79 bits per heavy atom. The number of thiazole rings is 1. The molecule has 0 amide bonds. The van der Waals surface area contributed by atoms with E-state index in [1.807, 2.05) is 66.9 Å². The molecule has 0 bridgehead atoms. The second-order valence-corrected chi connectivity index (χ2v) is 8.69. The second-order valence-electron chi connectivity index (χ2n) is 7.24. The summed E-state index contributed by atoms with van der Waals surface area (Å²) in [6.45, 7) is 0. The number of fused-ring (bicyclic) bond motifs is 1. The van der Waals surface area contributed by atoms with Gasteiger partial charge in [0.05, 0.1) is 16.5 Å². The number of halogens is 1. The van der Waals surface area contributed by atoms with Gasteiger partial charge < -0.3 is 4.42 Å². The van der Waals surface area contributed by atoms with E-state index in [1.165, 1.54) is 15.9 Å². The van der Waals surface area contributed by atoms with Crippen molar-refractivity contribution in [1.82, 2.24) is 24.4 Å². The van der Waals surface area contributed by atoms with Crippen molar-refractivity contribution in [3.63, 3.8) is 0 Å². The Kier molecular flexibility index (Phi) is 4.67. The molecule has 0 spiro atoms. The van der Waals surface area contributed by atoms with Crippen LogP contribution in [-0.4, -0.2) is 24.4 Å². The smallest absolute Gasteiger partial charge is 0.291 e. The Balaban J connectivity index is 1.51. The lowest BCUT2D eigenvalue weighted by molar-refractivity contribution is 0.577. The van der Waals surface area contributed by atoms with Crippen LogP contribution >= 0.6 is 22.9 Å². The highest BCUT2D eigenvalue weighted by Gasteiger charge is 2.15. The van der Waals surface area contributed by atoms with Gasteiger partial charge in [-0.15, -0.1) is 5.10 Å². The Morgan fingerprint density at radius 3 is 2.52 bits per heavy atom. The fourth-order valence-corrected chi connectivity index (χ4v) is 4.55. The number of para-hydroxylation sites is 1. The number of aromatic nitrogens is 5. The van der Waals surface area contributed by atoms with E-state index in [0.717, 1.165) is 22.5 Å². The van der Waals surface area contributed by atoms with Crippen LogP contribution in [0.3, 0.4) is 0 Å². The van der Waals surface area contributed by atoms with Gasteiger partial charge in [0, 0.05) is 22.3 Å². The fourth-order valence-electron chi connectivity index (χ4n) is 3.52. The van der Waals surface area contributed by atoms with Crippen LogP contribution in [0, 0.1) is 0 Å². The van der Waals surface area contributed by atoms with Crippen molar-refractivity contribution in [2.24, 2.45) is 0 Å². The van der Waals surface area contributed by atoms with E-state index in [4.69, 9.17) is 21.1 Å². The summed E-state index contributed by atoms with van der Waals surface area (Å²) in [4.78, 5) is 18.0. The first-order valence-corrected chi connectivity index (χ1v) is 11.2. The average molecular weight is 472 g/mol. The molecule has 6 rings (SSSR count). The third-order valence-electron chi connectivity index (χ3n) is 5.09. The topological polar surface area (TPSA) is 78.2 Å². The first-order chi connectivity index (χ1) is 16.2. The summed E-state index contributed by atoms with van der Waals surface area (Å²) in [6, 6.07) is 20.8. The minimum Gasteiger partial charge on any atom is -0.461 e. The zero-order valence-corrected chi connectivity index (χ0v) is 18.5. The van der Waals surface area contributed by atoms with E-state index in [-0.39, 0.29) is 5.56 Å². The van der Waals surface area contributed by atoms with E-state index in [1.54, 1.807) is 23.1 Å². The predicted molar refractivity (Wildman–Crippen MR) is 128 cm³/mol. The molecule has 0 N–H and O–H groups in total. The molecular formula is C24H14ClN5O2S. The standard InChI is InChI=1S/C24H14ClN5O2S/c25-17-10-8-15(9-11-17)21-16(14-29(27-21)18-5-2-1-3-6-18)13-20-23(31)30-24(33-20)26-22(28-30)19-7-4-12-32-19/h1-14H. The Morgan fingerprint density at radius 1 is 0.970 bits per heavy atom. The van der Waals surface area contributed by atoms with E-state index >= 15 is 0 Å². The van der Waals surface area contributed by atoms with Crippen molar-refractivity contribution >= 4 is 34.0 Å². The molecule has 33 heavy (non-hydrogen) atoms. The molecule has 160 valence electrons. The number of rotatable bonds is 4. The highest BCUT2D eigenvalue weighted by molar-refractivity contribution is 7.15. The maximum absolute atomic E-state index is 13.0. The molecule has 7 nitrogen and oxygen atoms in total. The Bertz CT molecular complexity index is 1680. The summed E-state index contributed by atoms with van der Waals surface area (Å²) in [5.41, 5.74) is 3.11. The maximum Gasteiger partial charge on any atom is 0.291 e. The van der Waals surface area contributed by atoms with E-state index in [9.17, 15) is 4.79 Å². The monoisotopic (exact) mass is 471 g/mol. The van der Waals surface area contributed by atoms with Crippen LogP contribution in [0.4, 0.5) is 0 Å². The van der Waals surface area contributed by atoms with E-state index in [0.29, 0.717) is 26.1 Å². The maximum atomic E-state index is 13.0. The minimum atomic E-state index is -0.241. The molecule has 0 unspecified atom stereocenters. The second kappa shape index (κ2) is 7.84. The molecular weight excluding hydrogens is 458 g/mol. The SMILES string of the molecule is O=c1c(=Cc2cn(-c3ccccc3)nc2-c2ccc(Cl)cc2)sc2nc(-c3ccco3)nn12. The van der Waals surface area contributed by atoms with Crippen molar-refractivity contribution in [2.75, 3.05) is 0 Å². The molecule has 4 aromatic heterocycles. The lowest BCUT2D eigenvalue weighted by atomic mass is 10.1. The fraction of sp³-hybridized carbons (Fsp3) is 0. The van der Waals surface area contributed by atoms with E-state index < -0.39 is 0 Å². The molecule has 6 aromatic rings. The molecule has 0 saturated carbocycles. The summed E-state index contributed by atoms with van der Waals surface area (Å²) in [7, 11) is 0. The first-order valence-electron chi connectivity index (χ1n) is 10.0. The summed E-state index contributed by atoms with van der Waals surface area (Å²) in [5.74, 6) is 0.902. The van der Waals surface area contributed by atoms with Crippen molar-refractivity contribution in [2.45, 2.75) is 0 Å². The van der Waals surface area contributed by atoms with Gasteiger partial charge in [0.25, 0.3) is 5.56 Å². The highest BCUT2D eigenvalue weighted by atomic mass is 35.5. The van der Waals surface area contributed by atoms with Crippen LogP contribution in [0.25, 0.3) is 39.6 Å². The van der Waals surface area contributed by atoms with Crippen LogP contribution in [0.15, 0.2) is 88.4 Å². The van der Waals surface area contributed by atoms with Gasteiger partial charge in [-0.25, -0.2) is 4.68 Å². The van der Waals surface area contributed by atoms with Gasteiger partial charge >= 0.3 is 0 Å². The summed E-state index contributed by atoms with van der Waals surface area (Å²) in [6.07, 6.45) is 5.28. The Labute approximate surface area is 195 Å². The van der Waals surface area contributed by atoms with Crippen LogP contribution in [0.5, 0.6) is 0 Å². The predicted octanol–water partition coefficient (Wildman–Crippen LogP) is 4.46. The summed E-state index contributed by atoms with van der Waals surface area (Å²) < 4.78 is 8.95. The van der Waals surface area contributed by atoms with Crippen molar-refractivity contribution in [3.8, 4) is 28.5 Å². The van der Waals surface area contributed by atoms with Gasteiger partial charge in [0.15, 0.2) is 5.76 Å². The normalized spacial score (nSPS) is 12.1. The van der Waals surface area contributed by atoms with Crippen molar-refractivity contribution < 1.29 is 4.42 Å². The Hall–Kier alpha value is -4.01. The molecule has 0 aliphatic carbocycles. The first kappa shape index (κ1) is 19.7. The molecule has 0 atom stereocenters. The molecule has 0 aliphatic heterocycles. The van der Waals surface area contributed by atoms with E-state index in [2.05, 4.69) is 10.1 Å². The molecule has 0 fully saturated rings.